The first kappa shape index (κ1) is 14.2. The molecule has 0 fully saturated rings. The molecule has 4 nitrogen and oxygen atoms in total. The van der Waals surface area contributed by atoms with Crippen molar-refractivity contribution in [2.24, 2.45) is 4.99 Å². The summed E-state index contributed by atoms with van der Waals surface area (Å²) in [5, 5.41) is 18.2. The van der Waals surface area contributed by atoms with Gasteiger partial charge in [-0.2, -0.15) is 5.26 Å². The van der Waals surface area contributed by atoms with Crippen molar-refractivity contribution in [2.45, 2.75) is 0 Å². The van der Waals surface area contributed by atoms with E-state index in [4.69, 9.17) is 5.41 Å². The van der Waals surface area contributed by atoms with Gasteiger partial charge >= 0.3 is 0 Å². The Morgan fingerprint density at radius 1 is 1.09 bits per heavy atom. The summed E-state index contributed by atoms with van der Waals surface area (Å²) in [6, 6.07) is 17.4. The smallest absolute Gasteiger partial charge is 0.164 e. The van der Waals surface area contributed by atoms with Crippen LogP contribution in [0.5, 0.6) is 0 Å². The average Bonchev–Trinajstić information content (AvgIpc) is 2.75. The molecular weight excluding hydrogens is 292 g/mol. The number of amidine groups is 1. The summed E-state index contributed by atoms with van der Waals surface area (Å²) in [4.78, 5) is 8.57. The van der Waals surface area contributed by atoms with Crippen LogP contribution in [-0.4, -0.2) is 21.6 Å². The summed E-state index contributed by atoms with van der Waals surface area (Å²) in [5.74, 6) is 0.581. The number of thioether (sulfide) groups is 1. The van der Waals surface area contributed by atoms with Crippen LogP contribution in [0.3, 0.4) is 0 Å². The highest BCUT2D eigenvalue weighted by atomic mass is 32.2. The Kier molecular flexibility index (Phi) is 4.12. The number of hydrogen-bond donors (Lipinski definition) is 1. The fourth-order valence-electron chi connectivity index (χ4n) is 2.15. The molecule has 0 bridgehead atoms. The quantitative estimate of drug-likeness (QED) is 0.922. The maximum absolute atomic E-state index is 9.43. The Morgan fingerprint density at radius 2 is 1.86 bits per heavy atom. The highest BCUT2D eigenvalue weighted by Crippen LogP contribution is 2.29. The molecule has 0 atom stereocenters. The molecule has 1 aromatic carbocycles. The van der Waals surface area contributed by atoms with Crippen LogP contribution < -0.4 is 0 Å². The van der Waals surface area contributed by atoms with Gasteiger partial charge in [0.25, 0.3) is 0 Å². The van der Waals surface area contributed by atoms with Gasteiger partial charge in [-0.15, -0.1) is 0 Å². The van der Waals surface area contributed by atoms with Crippen LogP contribution in [0.1, 0.15) is 11.3 Å². The normalized spacial score (nSPS) is 15.0. The lowest BCUT2D eigenvalue weighted by atomic mass is 10.0. The molecular formula is C17H12N4S. The standard InChI is InChI=1S/C17H12N4S/c18-10-13-14(12-6-2-1-3-7-12)11-22-17(21-16(13)19)15-8-4-5-9-20-15/h1-9,19H,11H2. The second-order valence-electron chi connectivity index (χ2n) is 4.60. The van der Waals surface area contributed by atoms with Gasteiger partial charge in [-0.05, 0) is 23.3 Å². The average molecular weight is 304 g/mol. The lowest BCUT2D eigenvalue weighted by molar-refractivity contribution is 1.30. The highest BCUT2D eigenvalue weighted by Gasteiger charge is 2.20. The van der Waals surface area contributed by atoms with Gasteiger partial charge in [0.1, 0.15) is 16.7 Å². The molecule has 0 spiro atoms. The number of aliphatic imine (C=N–C) groups is 1. The molecule has 0 radical (unpaired) electrons. The van der Waals surface area contributed by atoms with E-state index in [1.807, 2.05) is 48.5 Å². The predicted molar refractivity (Wildman–Crippen MR) is 89.9 cm³/mol. The number of nitriles is 1. The van der Waals surface area contributed by atoms with Crippen LogP contribution >= 0.6 is 11.8 Å². The number of hydrogen-bond acceptors (Lipinski definition) is 4. The molecule has 2 aromatic rings. The molecule has 106 valence electrons. The molecule has 1 aliphatic rings. The minimum absolute atomic E-state index is 0.00740. The Bertz CT molecular complexity index is 802. The van der Waals surface area contributed by atoms with Crippen molar-refractivity contribution in [1.82, 2.24) is 4.98 Å². The second-order valence-corrected chi connectivity index (χ2v) is 5.56. The number of pyridine rings is 1. The largest absolute Gasteiger partial charge is 0.282 e. The maximum Gasteiger partial charge on any atom is 0.164 e. The van der Waals surface area contributed by atoms with E-state index < -0.39 is 0 Å². The SMILES string of the molecule is N#CC1=C(c2ccccc2)CSC(c2ccccn2)=NC1=N. The number of benzene rings is 1. The van der Waals surface area contributed by atoms with E-state index in [0.29, 0.717) is 16.4 Å². The Labute approximate surface area is 132 Å². The van der Waals surface area contributed by atoms with E-state index in [2.05, 4.69) is 16.0 Å². The lowest BCUT2D eigenvalue weighted by Gasteiger charge is -2.07. The molecule has 22 heavy (non-hydrogen) atoms. The van der Waals surface area contributed by atoms with Crippen LogP contribution in [-0.2, 0) is 0 Å². The number of aromatic nitrogens is 1. The summed E-state index contributed by atoms with van der Waals surface area (Å²) in [7, 11) is 0. The summed E-state index contributed by atoms with van der Waals surface area (Å²) >= 11 is 1.50. The topological polar surface area (TPSA) is 72.9 Å². The third kappa shape index (κ3) is 2.83. The fourth-order valence-corrected chi connectivity index (χ4v) is 3.17. The van der Waals surface area contributed by atoms with Crippen molar-refractivity contribution in [2.75, 3.05) is 5.75 Å². The minimum Gasteiger partial charge on any atom is -0.282 e. The Hall–Kier alpha value is -2.71. The fraction of sp³-hybridized carbons (Fsp3) is 0.0588. The van der Waals surface area contributed by atoms with Crippen LogP contribution in [0.2, 0.25) is 0 Å². The molecule has 0 saturated carbocycles. The first-order chi connectivity index (χ1) is 10.8. The molecule has 3 rings (SSSR count). The van der Waals surface area contributed by atoms with Crippen molar-refractivity contribution < 1.29 is 0 Å². The predicted octanol–water partition coefficient (Wildman–Crippen LogP) is 3.53. The van der Waals surface area contributed by atoms with Gasteiger partial charge in [0.2, 0.25) is 0 Å². The van der Waals surface area contributed by atoms with Crippen molar-refractivity contribution in [3.05, 3.63) is 71.6 Å². The third-order valence-electron chi connectivity index (χ3n) is 3.22. The van der Waals surface area contributed by atoms with Gasteiger partial charge in [0.15, 0.2) is 5.84 Å². The van der Waals surface area contributed by atoms with Gasteiger partial charge in [0, 0.05) is 11.9 Å². The van der Waals surface area contributed by atoms with Gasteiger partial charge in [-0.3, -0.25) is 10.4 Å². The van der Waals surface area contributed by atoms with Gasteiger partial charge in [-0.25, -0.2) is 4.99 Å². The maximum atomic E-state index is 9.43. The zero-order chi connectivity index (χ0) is 15.4. The summed E-state index contributed by atoms with van der Waals surface area (Å²) < 4.78 is 0. The highest BCUT2D eigenvalue weighted by molar-refractivity contribution is 8.14. The summed E-state index contributed by atoms with van der Waals surface area (Å²) in [6.07, 6.45) is 1.70. The molecule has 0 saturated heterocycles. The van der Waals surface area contributed by atoms with Gasteiger partial charge in [-0.1, -0.05) is 48.2 Å². The second kappa shape index (κ2) is 6.37. The van der Waals surface area contributed by atoms with Gasteiger partial charge in [0.05, 0.1) is 5.69 Å². The molecule has 0 amide bonds. The van der Waals surface area contributed by atoms with E-state index >= 15 is 0 Å². The van der Waals surface area contributed by atoms with Crippen LogP contribution in [0.4, 0.5) is 0 Å². The van der Waals surface area contributed by atoms with Crippen LogP contribution in [0.25, 0.3) is 5.57 Å². The lowest BCUT2D eigenvalue weighted by Crippen LogP contribution is -2.02. The molecule has 1 N–H and O–H groups in total. The van der Waals surface area contributed by atoms with E-state index in [1.54, 1.807) is 6.20 Å². The van der Waals surface area contributed by atoms with E-state index in [9.17, 15) is 5.26 Å². The first-order valence-corrected chi connectivity index (χ1v) is 7.68. The minimum atomic E-state index is -0.00740. The van der Waals surface area contributed by atoms with Crippen molar-refractivity contribution in [1.29, 1.82) is 10.7 Å². The third-order valence-corrected chi connectivity index (χ3v) is 4.23. The molecule has 5 heteroatoms. The van der Waals surface area contributed by atoms with E-state index in [-0.39, 0.29) is 5.84 Å². The number of rotatable bonds is 2. The molecule has 1 aromatic heterocycles. The molecule has 1 aliphatic heterocycles. The van der Waals surface area contributed by atoms with Crippen LogP contribution in [0, 0.1) is 16.7 Å². The van der Waals surface area contributed by atoms with E-state index in [0.717, 1.165) is 16.8 Å². The zero-order valence-electron chi connectivity index (χ0n) is 11.7. The zero-order valence-corrected chi connectivity index (χ0v) is 12.5. The Balaban J connectivity index is 2.01. The number of nitrogens with zero attached hydrogens (tertiary/aromatic N) is 3. The summed E-state index contributed by atoms with van der Waals surface area (Å²) in [6.45, 7) is 0. The summed E-state index contributed by atoms with van der Waals surface area (Å²) in [5.41, 5.74) is 2.84. The monoisotopic (exact) mass is 304 g/mol. The van der Waals surface area contributed by atoms with Crippen molar-refractivity contribution in [3.63, 3.8) is 0 Å². The molecule has 0 unspecified atom stereocenters. The molecule has 0 aliphatic carbocycles. The van der Waals surface area contributed by atoms with Crippen molar-refractivity contribution in [3.8, 4) is 6.07 Å². The Morgan fingerprint density at radius 3 is 2.55 bits per heavy atom. The van der Waals surface area contributed by atoms with Gasteiger partial charge < -0.3 is 0 Å². The van der Waals surface area contributed by atoms with E-state index in [1.165, 1.54) is 11.8 Å². The number of nitrogens with one attached hydrogen (secondary N) is 1. The first-order valence-electron chi connectivity index (χ1n) is 6.70. The molecule has 2 heterocycles. The van der Waals surface area contributed by atoms with Crippen molar-refractivity contribution >= 4 is 28.2 Å². The van der Waals surface area contributed by atoms with Crippen LogP contribution in [0.15, 0.2) is 65.3 Å².